The third-order valence-corrected chi connectivity index (χ3v) is 5.18. The lowest BCUT2D eigenvalue weighted by Gasteiger charge is -2.35. The molecular weight excluding hydrogens is 444 g/mol. The van der Waals surface area contributed by atoms with E-state index >= 15 is 0 Å². The van der Waals surface area contributed by atoms with Gasteiger partial charge < -0.3 is 15.5 Å². The minimum Gasteiger partial charge on any atom is -0.370 e. The Morgan fingerprint density at radius 1 is 0.923 bits per heavy atom. The Labute approximate surface area is 173 Å². The predicted octanol–water partition coefficient (Wildman–Crippen LogP) is 2.76. The fraction of sp³-hybridized carbons (Fsp3) is 0.632. The largest absolute Gasteiger partial charge is 0.370 e. The van der Waals surface area contributed by atoms with Crippen LogP contribution in [0, 0.1) is 5.82 Å². The molecule has 0 bridgehead atoms. The number of aliphatic imine (C=N–C) groups is 1. The maximum absolute atomic E-state index is 13.0. The number of benzene rings is 1. The summed E-state index contributed by atoms with van der Waals surface area (Å²) in [5.41, 5.74) is 7.26. The number of nitrogens with zero attached hydrogens (tertiary/aromatic N) is 4. The van der Waals surface area contributed by atoms with Crippen LogP contribution in [0.1, 0.15) is 25.7 Å². The molecule has 2 saturated heterocycles. The van der Waals surface area contributed by atoms with E-state index in [1.165, 1.54) is 37.8 Å². The second-order valence-electron chi connectivity index (χ2n) is 6.95. The lowest BCUT2D eigenvalue weighted by Crippen LogP contribution is -2.47. The molecule has 2 aliphatic rings. The molecule has 2 aliphatic heterocycles. The van der Waals surface area contributed by atoms with Gasteiger partial charge in [-0.1, -0.05) is 12.8 Å². The van der Waals surface area contributed by atoms with Crippen molar-refractivity contribution in [3.63, 3.8) is 0 Å². The maximum Gasteiger partial charge on any atom is 0.191 e. The first-order valence-corrected chi connectivity index (χ1v) is 9.50. The van der Waals surface area contributed by atoms with Crippen molar-refractivity contribution in [3.05, 3.63) is 30.1 Å². The smallest absolute Gasteiger partial charge is 0.191 e. The number of guanidine groups is 1. The van der Waals surface area contributed by atoms with Crippen LogP contribution in [0.2, 0.25) is 0 Å². The van der Waals surface area contributed by atoms with E-state index in [2.05, 4.69) is 19.7 Å². The van der Waals surface area contributed by atoms with Crippen LogP contribution >= 0.6 is 24.0 Å². The number of anilines is 1. The summed E-state index contributed by atoms with van der Waals surface area (Å²) in [4.78, 5) is 11.6. The number of nitrogens with two attached hydrogens (primary N) is 1. The van der Waals surface area contributed by atoms with E-state index in [4.69, 9.17) is 5.73 Å². The van der Waals surface area contributed by atoms with Crippen LogP contribution in [0.15, 0.2) is 29.3 Å². The molecule has 2 heterocycles. The molecule has 0 aromatic heterocycles. The molecule has 0 amide bonds. The van der Waals surface area contributed by atoms with E-state index in [0.717, 1.165) is 58.0 Å². The quantitative estimate of drug-likeness (QED) is 0.414. The number of piperazine rings is 1. The Kier molecular flexibility index (Phi) is 8.90. The highest BCUT2D eigenvalue weighted by Crippen LogP contribution is 2.16. The van der Waals surface area contributed by atoms with E-state index in [9.17, 15) is 4.39 Å². The van der Waals surface area contributed by atoms with Crippen molar-refractivity contribution in [2.75, 3.05) is 57.3 Å². The van der Waals surface area contributed by atoms with Crippen LogP contribution in [0.25, 0.3) is 0 Å². The number of hydrogen-bond donors (Lipinski definition) is 1. The molecule has 0 radical (unpaired) electrons. The second-order valence-corrected chi connectivity index (χ2v) is 6.95. The molecule has 146 valence electrons. The predicted molar refractivity (Wildman–Crippen MR) is 117 cm³/mol. The van der Waals surface area contributed by atoms with Crippen LogP contribution in [0.3, 0.4) is 0 Å². The van der Waals surface area contributed by atoms with E-state index in [-0.39, 0.29) is 29.8 Å². The lowest BCUT2D eigenvalue weighted by molar-refractivity contribution is 0.264. The number of likely N-dealkylation sites (tertiary alicyclic amines) is 1. The minimum absolute atomic E-state index is 0. The van der Waals surface area contributed by atoms with Crippen molar-refractivity contribution in [1.82, 2.24) is 9.80 Å². The average molecular weight is 475 g/mol. The standard InChI is InChI=1S/C19H30FN5.HI/c20-17-5-7-18(8-6-17)24-15-13-23(14-16-24)12-9-22-19(21)25-10-3-1-2-4-11-25;/h5-8H,1-4,9-16H2,(H2,21,22);1H. The second kappa shape index (κ2) is 10.9. The fourth-order valence-corrected chi connectivity index (χ4v) is 3.59. The number of hydrogen-bond acceptors (Lipinski definition) is 3. The molecule has 7 heteroatoms. The topological polar surface area (TPSA) is 48.1 Å². The minimum atomic E-state index is -0.178. The van der Waals surface area contributed by atoms with Crippen LogP contribution < -0.4 is 10.6 Å². The molecule has 2 fully saturated rings. The summed E-state index contributed by atoms with van der Waals surface area (Å²) < 4.78 is 13.0. The molecular formula is C19H31FIN5. The van der Waals surface area contributed by atoms with Crippen molar-refractivity contribution < 1.29 is 4.39 Å². The molecule has 26 heavy (non-hydrogen) atoms. The van der Waals surface area contributed by atoms with Gasteiger partial charge in [0.05, 0.1) is 6.54 Å². The Bertz CT molecular complexity index is 550. The highest BCUT2D eigenvalue weighted by molar-refractivity contribution is 14.0. The first kappa shape index (κ1) is 21.2. The van der Waals surface area contributed by atoms with Crippen molar-refractivity contribution in [2.24, 2.45) is 10.7 Å². The van der Waals surface area contributed by atoms with Gasteiger partial charge in [0.15, 0.2) is 5.96 Å². The van der Waals surface area contributed by atoms with Crippen LogP contribution in [0.4, 0.5) is 10.1 Å². The monoisotopic (exact) mass is 475 g/mol. The zero-order valence-corrected chi connectivity index (χ0v) is 17.8. The van der Waals surface area contributed by atoms with Crippen molar-refractivity contribution in [1.29, 1.82) is 0 Å². The number of halogens is 2. The van der Waals surface area contributed by atoms with E-state index in [1.54, 1.807) is 0 Å². The Balaban J connectivity index is 0.00000243. The van der Waals surface area contributed by atoms with Crippen molar-refractivity contribution in [2.45, 2.75) is 25.7 Å². The van der Waals surface area contributed by atoms with Gasteiger partial charge in [0.25, 0.3) is 0 Å². The van der Waals surface area contributed by atoms with Gasteiger partial charge in [-0.2, -0.15) is 0 Å². The Morgan fingerprint density at radius 2 is 1.54 bits per heavy atom. The summed E-state index contributed by atoms with van der Waals surface area (Å²) in [6, 6.07) is 6.78. The Morgan fingerprint density at radius 3 is 2.15 bits per heavy atom. The lowest BCUT2D eigenvalue weighted by atomic mass is 10.2. The first-order chi connectivity index (χ1) is 12.2. The van der Waals surface area contributed by atoms with Crippen molar-refractivity contribution >= 4 is 35.6 Å². The molecule has 0 aliphatic carbocycles. The SMILES string of the molecule is I.NC(=NCCN1CCN(c2ccc(F)cc2)CC1)N1CCCCCC1. The first-order valence-electron chi connectivity index (χ1n) is 9.50. The van der Waals surface area contributed by atoms with Gasteiger partial charge in [0.1, 0.15) is 5.82 Å². The fourth-order valence-electron chi connectivity index (χ4n) is 3.59. The van der Waals surface area contributed by atoms with E-state index in [1.807, 2.05) is 12.1 Å². The van der Waals surface area contributed by atoms with Gasteiger partial charge in [0, 0.05) is 51.5 Å². The molecule has 5 nitrogen and oxygen atoms in total. The highest BCUT2D eigenvalue weighted by Gasteiger charge is 2.17. The summed E-state index contributed by atoms with van der Waals surface area (Å²) in [6.07, 6.45) is 5.06. The molecule has 0 atom stereocenters. The number of rotatable bonds is 4. The van der Waals surface area contributed by atoms with Gasteiger partial charge in [0.2, 0.25) is 0 Å². The summed E-state index contributed by atoms with van der Waals surface area (Å²) in [5, 5.41) is 0. The average Bonchev–Trinajstić information content (AvgIpc) is 2.92. The summed E-state index contributed by atoms with van der Waals surface area (Å²) in [6.45, 7) is 7.77. The van der Waals surface area contributed by atoms with Crippen LogP contribution in [0.5, 0.6) is 0 Å². The summed E-state index contributed by atoms with van der Waals surface area (Å²) >= 11 is 0. The normalized spacial score (nSPS) is 19.8. The molecule has 0 unspecified atom stereocenters. The van der Waals surface area contributed by atoms with E-state index in [0.29, 0.717) is 5.96 Å². The zero-order chi connectivity index (χ0) is 17.5. The van der Waals surface area contributed by atoms with Gasteiger partial charge in [-0.15, -0.1) is 24.0 Å². The molecule has 3 rings (SSSR count). The van der Waals surface area contributed by atoms with Gasteiger partial charge in [-0.05, 0) is 37.1 Å². The summed E-state index contributed by atoms with van der Waals surface area (Å²) in [5.74, 6) is 0.536. The molecule has 0 spiro atoms. The van der Waals surface area contributed by atoms with Gasteiger partial charge in [-0.25, -0.2) is 4.39 Å². The van der Waals surface area contributed by atoms with Crippen molar-refractivity contribution in [3.8, 4) is 0 Å². The zero-order valence-electron chi connectivity index (χ0n) is 15.4. The van der Waals surface area contributed by atoms with Gasteiger partial charge >= 0.3 is 0 Å². The molecule has 0 saturated carbocycles. The molecule has 2 N–H and O–H groups in total. The van der Waals surface area contributed by atoms with Crippen LogP contribution in [-0.4, -0.2) is 68.1 Å². The van der Waals surface area contributed by atoms with Crippen LogP contribution in [-0.2, 0) is 0 Å². The maximum atomic E-state index is 13.0. The van der Waals surface area contributed by atoms with E-state index < -0.39 is 0 Å². The highest BCUT2D eigenvalue weighted by atomic mass is 127. The van der Waals surface area contributed by atoms with Gasteiger partial charge in [-0.3, -0.25) is 9.89 Å². The third-order valence-electron chi connectivity index (χ3n) is 5.18. The Hall–Kier alpha value is -1.09. The molecule has 1 aromatic carbocycles. The summed E-state index contributed by atoms with van der Waals surface area (Å²) in [7, 11) is 0. The molecule has 1 aromatic rings. The third kappa shape index (κ3) is 6.26.